The number of benzene rings is 2. The molecule has 2 aromatic carbocycles. The van der Waals surface area contributed by atoms with Crippen LogP contribution in [0.3, 0.4) is 0 Å². The average Bonchev–Trinajstić information content (AvgIpc) is 3.21. The maximum atomic E-state index is 13.4. The smallest absolute Gasteiger partial charge is 0.233 e. The van der Waals surface area contributed by atoms with E-state index in [2.05, 4.69) is 11.0 Å². The summed E-state index contributed by atoms with van der Waals surface area (Å²) in [5.41, 5.74) is 4.14. The van der Waals surface area contributed by atoms with Crippen molar-refractivity contribution < 1.29 is 9.53 Å². The van der Waals surface area contributed by atoms with E-state index in [9.17, 15) is 4.79 Å². The number of nitrogens with zero attached hydrogens (tertiary/aromatic N) is 3. The highest BCUT2D eigenvalue weighted by molar-refractivity contribution is 7.23. The molecule has 7 heteroatoms. The molecule has 1 aliphatic heterocycles. The van der Waals surface area contributed by atoms with Crippen molar-refractivity contribution in [1.29, 1.82) is 0 Å². The molecule has 1 aliphatic rings. The minimum Gasteiger partial charge on any atom is -0.379 e. The molecule has 0 bridgehead atoms. The molecule has 0 saturated carbocycles. The summed E-state index contributed by atoms with van der Waals surface area (Å²) in [5, 5.41) is 1.41. The normalized spacial score (nSPS) is 14.8. The van der Waals surface area contributed by atoms with E-state index in [1.54, 1.807) is 0 Å². The SMILES string of the molecule is Cc1cccc(CC(=O)N(CCCN2CCOCC2)c2nc3c(C)ccc(Cl)c3s2)c1. The summed E-state index contributed by atoms with van der Waals surface area (Å²) >= 11 is 7.93. The molecule has 0 unspecified atom stereocenters. The molecule has 0 aliphatic carbocycles. The van der Waals surface area contributed by atoms with E-state index >= 15 is 0 Å². The van der Waals surface area contributed by atoms with Gasteiger partial charge in [-0.3, -0.25) is 14.6 Å². The number of fused-ring (bicyclic) bond motifs is 1. The summed E-state index contributed by atoms with van der Waals surface area (Å²) in [6.07, 6.45) is 1.25. The largest absolute Gasteiger partial charge is 0.379 e. The summed E-state index contributed by atoms with van der Waals surface area (Å²) in [5.74, 6) is 0.0698. The first-order valence-electron chi connectivity index (χ1n) is 10.7. The van der Waals surface area contributed by atoms with Crippen LogP contribution in [-0.2, 0) is 16.0 Å². The number of carbonyl (C=O) groups excluding carboxylic acids is 1. The Bertz CT molecular complexity index is 1020. The molecular weight excluding hydrogens is 430 g/mol. The molecule has 164 valence electrons. The number of aromatic nitrogens is 1. The molecule has 0 radical (unpaired) electrons. The minimum atomic E-state index is 0.0698. The van der Waals surface area contributed by atoms with Crippen molar-refractivity contribution in [1.82, 2.24) is 9.88 Å². The molecule has 1 saturated heterocycles. The number of anilines is 1. The third-order valence-electron chi connectivity index (χ3n) is 5.62. The van der Waals surface area contributed by atoms with Gasteiger partial charge in [0.15, 0.2) is 5.13 Å². The topological polar surface area (TPSA) is 45.7 Å². The highest BCUT2D eigenvalue weighted by Crippen LogP contribution is 2.36. The highest BCUT2D eigenvalue weighted by atomic mass is 35.5. The van der Waals surface area contributed by atoms with Crippen LogP contribution in [0, 0.1) is 13.8 Å². The van der Waals surface area contributed by atoms with Crippen molar-refractivity contribution in [3.8, 4) is 0 Å². The number of aryl methyl sites for hydroxylation is 2. The van der Waals surface area contributed by atoms with Crippen molar-refractivity contribution in [3.05, 3.63) is 58.1 Å². The number of hydrogen-bond donors (Lipinski definition) is 0. The van der Waals surface area contributed by atoms with Gasteiger partial charge in [0.25, 0.3) is 0 Å². The molecular formula is C24H28ClN3O2S. The lowest BCUT2D eigenvalue weighted by molar-refractivity contribution is -0.118. The number of hydrogen-bond acceptors (Lipinski definition) is 5. The Morgan fingerprint density at radius 2 is 2.03 bits per heavy atom. The molecule has 0 spiro atoms. The van der Waals surface area contributed by atoms with Gasteiger partial charge >= 0.3 is 0 Å². The molecule has 4 rings (SSSR count). The zero-order chi connectivity index (χ0) is 21.8. The minimum absolute atomic E-state index is 0.0698. The van der Waals surface area contributed by atoms with Crippen LogP contribution in [0.15, 0.2) is 36.4 Å². The van der Waals surface area contributed by atoms with Gasteiger partial charge in [0.05, 0.1) is 34.9 Å². The fourth-order valence-corrected chi connectivity index (χ4v) is 5.26. The summed E-state index contributed by atoms with van der Waals surface area (Å²) in [7, 11) is 0. The third-order valence-corrected chi connectivity index (χ3v) is 7.15. The molecule has 1 fully saturated rings. The van der Waals surface area contributed by atoms with Crippen molar-refractivity contribution in [2.75, 3.05) is 44.3 Å². The monoisotopic (exact) mass is 457 g/mol. The molecule has 1 amide bonds. The molecule has 2 heterocycles. The van der Waals surface area contributed by atoms with Crippen LogP contribution in [0.2, 0.25) is 5.02 Å². The first kappa shape index (κ1) is 22.2. The van der Waals surface area contributed by atoms with E-state index in [1.807, 2.05) is 49.1 Å². The fraction of sp³-hybridized carbons (Fsp3) is 0.417. The van der Waals surface area contributed by atoms with Crippen LogP contribution in [0.1, 0.15) is 23.1 Å². The third kappa shape index (κ3) is 5.44. The van der Waals surface area contributed by atoms with Crippen LogP contribution in [0.4, 0.5) is 5.13 Å². The van der Waals surface area contributed by atoms with Crippen molar-refractivity contribution in [2.45, 2.75) is 26.7 Å². The molecule has 0 N–H and O–H groups in total. The number of halogens is 1. The van der Waals surface area contributed by atoms with Crippen LogP contribution in [-0.4, -0.2) is 55.2 Å². The van der Waals surface area contributed by atoms with Gasteiger partial charge in [-0.05, 0) is 37.5 Å². The predicted octanol–water partition coefficient (Wildman–Crippen LogP) is 4.86. The Labute approximate surface area is 192 Å². The lowest BCUT2D eigenvalue weighted by atomic mass is 10.1. The van der Waals surface area contributed by atoms with Crippen LogP contribution >= 0.6 is 22.9 Å². The predicted molar refractivity (Wildman–Crippen MR) is 128 cm³/mol. The van der Waals surface area contributed by atoms with Gasteiger partial charge in [0, 0.05) is 26.2 Å². The van der Waals surface area contributed by atoms with E-state index in [1.165, 1.54) is 11.3 Å². The second-order valence-electron chi connectivity index (χ2n) is 8.06. The maximum Gasteiger partial charge on any atom is 0.233 e. The van der Waals surface area contributed by atoms with Gasteiger partial charge < -0.3 is 4.74 Å². The first-order chi connectivity index (χ1) is 15.0. The number of morpholine rings is 1. The second-order valence-corrected chi connectivity index (χ2v) is 9.44. The van der Waals surface area contributed by atoms with Gasteiger partial charge in [-0.1, -0.05) is 58.8 Å². The first-order valence-corrected chi connectivity index (χ1v) is 11.9. The lowest BCUT2D eigenvalue weighted by Crippen LogP contribution is -2.39. The molecule has 0 atom stereocenters. The highest BCUT2D eigenvalue weighted by Gasteiger charge is 2.22. The van der Waals surface area contributed by atoms with E-state index in [4.69, 9.17) is 21.3 Å². The van der Waals surface area contributed by atoms with Gasteiger partial charge in [0.1, 0.15) is 0 Å². The number of ether oxygens (including phenoxy) is 1. The summed E-state index contributed by atoms with van der Waals surface area (Å²) < 4.78 is 6.38. The zero-order valence-corrected chi connectivity index (χ0v) is 19.6. The Morgan fingerprint density at radius 3 is 2.77 bits per heavy atom. The second kappa shape index (κ2) is 10.1. The molecule has 31 heavy (non-hydrogen) atoms. The van der Waals surface area contributed by atoms with Gasteiger partial charge in [-0.2, -0.15) is 0 Å². The Morgan fingerprint density at radius 1 is 1.23 bits per heavy atom. The van der Waals surface area contributed by atoms with Gasteiger partial charge in [-0.15, -0.1) is 0 Å². The number of amides is 1. The average molecular weight is 458 g/mol. The maximum absolute atomic E-state index is 13.4. The lowest BCUT2D eigenvalue weighted by Gasteiger charge is -2.27. The van der Waals surface area contributed by atoms with E-state index in [0.717, 1.165) is 71.3 Å². The molecule has 1 aromatic heterocycles. The summed E-state index contributed by atoms with van der Waals surface area (Å²) in [6.45, 7) is 9.13. The summed E-state index contributed by atoms with van der Waals surface area (Å²) in [6, 6.07) is 12.0. The van der Waals surface area contributed by atoms with Gasteiger partial charge in [-0.25, -0.2) is 4.98 Å². The zero-order valence-electron chi connectivity index (χ0n) is 18.1. The fourth-order valence-electron chi connectivity index (χ4n) is 3.90. The van der Waals surface area contributed by atoms with E-state index in [0.29, 0.717) is 18.0 Å². The Hall–Kier alpha value is -1.99. The number of rotatable bonds is 7. The van der Waals surface area contributed by atoms with Crippen LogP contribution in [0.5, 0.6) is 0 Å². The van der Waals surface area contributed by atoms with Crippen molar-refractivity contribution >= 4 is 44.2 Å². The molecule has 5 nitrogen and oxygen atoms in total. The quantitative estimate of drug-likeness (QED) is 0.508. The van der Waals surface area contributed by atoms with Crippen LogP contribution < -0.4 is 4.90 Å². The standard InChI is InChI=1S/C24H28ClN3O2S/c1-17-5-3-6-19(15-17)16-21(29)28(10-4-9-27-11-13-30-14-12-27)24-26-22-18(2)7-8-20(25)23(22)31-24/h3,5-8,15H,4,9-14,16H2,1-2H3. The number of carbonyl (C=O) groups is 1. The Balaban J connectivity index is 1.56. The van der Waals surface area contributed by atoms with E-state index in [-0.39, 0.29) is 5.91 Å². The summed E-state index contributed by atoms with van der Waals surface area (Å²) in [4.78, 5) is 22.4. The molecule has 3 aromatic rings. The van der Waals surface area contributed by atoms with Crippen molar-refractivity contribution in [2.24, 2.45) is 0 Å². The van der Waals surface area contributed by atoms with E-state index < -0.39 is 0 Å². The van der Waals surface area contributed by atoms with Crippen molar-refractivity contribution in [3.63, 3.8) is 0 Å². The number of thiazole rings is 1. The van der Waals surface area contributed by atoms with Gasteiger partial charge in [0.2, 0.25) is 5.91 Å². The van der Waals surface area contributed by atoms with Crippen LogP contribution in [0.25, 0.3) is 10.2 Å². The Kier molecular flexibility index (Phi) is 7.23.